The number of hydrogen-bond acceptors (Lipinski definition) is 1. The summed E-state index contributed by atoms with van der Waals surface area (Å²) in [6.45, 7) is 10.3. The van der Waals surface area contributed by atoms with Crippen molar-refractivity contribution in [3.05, 3.63) is 18.2 Å². The molecule has 0 radical (unpaired) electrons. The van der Waals surface area contributed by atoms with Gasteiger partial charge in [-0.3, -0.25) is 0 Å². The van der Waals surface area contributed by atoms with Crippen LogP contribution in [0.3, 0.4) is 0 Å². The van der Waals surface area contributed by atoms with Crippen molar-refractivity contribution >= 4 is 0 Å². The van der Waals surface area contributed by atoms with Crippen molar-refractivity contribution < 1.29 is 9.30 Å². The molecule has 3 heteroatoms. The van der Waals surface area contributed by atoms with Gasteiger partial charge in [-0.25, -0.2) is 9.13 Å². The Morgan fingerprint density at radius 2 is 2.20 bits per heavy atom. The van der Waals surface area contributed by atoms with Crippen LogP contribution in [-0.2, 0) is 17.8 Å². The Labute approximate surface area is 92.7 Å². The van der Waals surface area contributed by atoms with Gasteiger partial charge in [0.05, 0.1) is 19.7 Å². The molecule has 0 aliphatic rings. The van der Waals surface area contributed by atoms with Crippen molar-refractivity contribution in [2.75, 3.05) is 13.2 Å². The predicted molar refractivity (Wildman–Crippen MR) is 60.8 cm³/mol. The molecular formula is C12H23N2O+. The second-order valence-corrected chi connectivity index (χ2v) is 3.78. The Balaban J connectivity index is 2.40. The third-order valence-corrected chi connectivity index (χ3v) is 2.61. The lowest BCUT2D eigenvalue weighted by atomic mass is 10.4. The molecule has 15 heavy (non-hydrogen) atoms. The molecule has 0 aliphatic heterocycles. The summed E-state index contributed by atoms with van der Waals surface area (Å²) in [7, 11) is 0. The zero-order valence-electron chi connectivity index (χ0n) is 10.2. The number of hydrogen-bond donors (Lipinski definition) is 0. The van der Waals surface area contributed by atoms with Crippen molar-refractivity contribution in [2.24, 2.45) is 0 Å². The second-order valence-electron chi connectivity index (χ2n) is 3.78. The minimum atomic E-state index is 0.820. The SMILES string of the molecule is CCC[n+]1ccn(CCCOCC)c1C. The summed E-state index contributed by atoms with van der Waals surface area (Å²) < 4.78 is 9.94. The molecule has 0 saturated carbocycles. The Hall–Kier alpha value is -0.830. The summed E-state index contributed by atoms with van der Waals surface area (Å²) in [6.07, 6.45) is 6.61. The molecule has 0 atom stereocenters. The highest BCUT2D eigenvalue weighted by Gasteiger charge is 2.10. The van der Waals surface area contributed by atoms with E-state index >= 15 is 0 Å². The van der Waals surface area contributed by atoms with E-state index in [4.69, 9.17) is 4.74 Å². The van der Waals surface area contributed by atoms with E-state index in [0.717, 1.165) is 32.7 Å². The van der Waals surface area contributed by atoms with Crippen LogP contribution in [0.15, 0.2) is 12.4 Å². The van der Waals surface area contributed by atoms with Gasteiger partial charge in [0.25, 0.3) is 5.82 Å². The molecule has 0 fully saturated rings. The lowest BCUT2D eigenvalue weighted by molar-refractivity contribution is -0.702. The average molecular weight is 211 g/mol. The van der Waals surface area contributed by atoms with Crippen LogP contribution in [0.5, 0.6) is 0 Å². The lowest BCUT2D eigenvalue weighted by Gasteiger charge is -2.01. The smallest absolute Gasteiger partial charge is 0.253 e. The first-order valence-electron chi connectivity index (χ1n) is 5.92. The van der Waals surface area contributed by atoms with E-state index in [1.165, 1.54) is 12.2 Å². The third-order valence-electron chi connectivity index (χ3n) is 2.61. The standard InChI is InChI=1S/C12H23N2O/c1-4-7-13-9-10-14(12(13)3)8-6-11-15-5-2/h9-10H,4-8,11H2,1-3H3/q+1. The first kappa shape index (κ1) is 12.2. The number of nitrogens with zero attached hydrogens (tertiary/aromatic N) is 2. The number of aryl methyl sites for hydroxylation is 2. The van der Waals surface area contributed by atoms with Gasteiger partial charge in [-0.15, -0.1) is 0 Å². The van der Waals surface area contributed by atoms with Crippen molar-refractivity contribution in [3.8, 4) is 0 Å². The number of rotatable bonds is 7. The highest BCUT2D eigenvalue weighted by molar-refractivity contribution is 4.79. The monoisotopic (exact) mass is 211 g/mol. The zero-order valence-corrected chi connectivity index (χ0v) is 10.2. The summed E-state index contributed by atoms with van der Waals surface area (Å²) in [5.74, 6) is 1.34. The summed E-state index contributed by atoms with van der Waals surface area (Å²) in [5, 5.41) is 0. The highest BCUT2D eigenvalue weighted by Crippen LogP contribution is 1.97. The van der Waals surface area contributed by atoms with Gasteiger partial charge < -0.3 is 4.74 Å². The molecule has 0 saturated heterocycles. The summed E-state index contributed by atoms with van der Waals surface area (Å²) in [6, 6.07) is 0. The van der Waals surface area contributed by atoms with E-state index in [1.807, 2.05) is 6.92 Å². The first-order chi connectivity index (χ1) is 7.29. The Bertz CT molecular complexity index is 281. The van der Waals surface area contributed by atoms with Crippen LogP contribution >= 0.6 is 0 Å². The molecule has 86 valence electrons. The van der Waals surface area contributed by atoms with Crippen LogP contribution in [0.4, 0.5) is 0 Å². The molecule has 3 nitrogen and oxygen atoms in total. The van der Waals surface area contributed by atoms with E-state index in [1.54, 1.807) is 0 Å². The van der Waals surface area contributed by atoms with Gasteiger partial charge >= 0.3 is 0 Å². The van der Waals surface area contributed by atoms with Crippen LogP contribution in [0.2, 0.25) is 0 Å². The van der Waals surface area contributed by atoms with Crippen molar-refractivity contribution in [1.82, 2.24) is 4.57 Å². The normalized spacial score (nSPS) is 10.9. The minimum Gasteiger partial charge on any atom is -0.382 e. The van der Waals surface area contributed by atoms with Gasteiger partial charge in [-0.05, 0) is 13.3 Å². The number of ether oxygens (including phenoxy) is 1. The molecule has 1 heterocycles. The Morgan fingerprint density at radius 3 is 2.87 bits per heavy atom. The second kappa shape index (κ2) is 6.62. The minimum absolute atomic E-state index is 0.820. The molecule has 0 spiro atoms. The van der Waals surface area contributed by atoms with Crippen molar-refractivity contribution in [1.29, 1.82) is 0 Å². The molecule has 1 rings (SSSR count). The average Bonchev–Trinajstić information content (AvgIpc) is 2.57. The molecule has 0 aromatic carbocycles. The lowest BCUT2D eigenvalue weighted by Crippen LogP contribution is -2.35. The summed E-state index contributed by atoms with van der Waals surface area (Å²) in [5.41, 5.74) is 0. The summed E-state index contributed by atoms with van der Waals surface area (Å²) in [4.78, 5) is 0. The highest BCUT2D eigenvalue weighted by atomic mass is 16.5. The van der Waals surface area contributed by atoms with Gasteiger partial charge in [-0.2, -0.15) is 0 Å². The van der Waals surface area contributed by atoms with E-state index < -0.39 is 0 Å². The first-order valence-corrected chi connectivity index (χ1v) is 5.92. The van der Waals surface area contributed by atoms with Gasteiger partial charge in [-0.1, -0.05) is 6.92 Å². The van der Waals surface area contributed by atoms with Crippen LogP contribution in [0, 0.1) is 6.92 Å². The zero-order chi connectivity index (χ0) is 11.1. The molecule has 1 aromatic rings. The van der Waals surface area contributed by atoms with Gasteiger partial charge in [0.1, 0.15) is 12.4 Å². The molecule has 0 amide bonds. The van der Waals surface area contributed by atoms with Crippen molar-refractivity contribution in [3.63, 3.8) is 0 Å². The van der Waals surface area contributed by atoms with E-state index in [0.29, 0.717) is 0 Å². The fourth-order valence-corrected chi connectivity index (χ4v) is 1.74. The predicted octanol–water partition coefficient (Wildman–Crippen LogP) is 1.92. The van der Waals surface area contributed by atoms with Crippen molar-refractivity contribution in [2.45, 2.75) is 46.7 Å². The molecule has 0 unspecified atom stereocenters. The summed E-state index contributed by atoms with van der Waals surface area (Å²) >= 11 is 0. The van der Waals surface area contributed by atoms with Crippen LogP contribution in [0.25, 0.3) is 0 Å². The van der Waals surface area contributed by atoms with Gasteiger partial charge in [0.15, 0.2) is 0 Å². The molecular weight excluding hydrogens is 188 g/mol. The Kier molecular flexibility index (Phi) is 5.40. The maximum Gasteiger partial charge on any atom is 0.253 e. The maximum atomic E-state index is 5.33. The van der Waals surface area contributed by atoms with E-state index in [9.17, 15) is 0 Å². The molecule has 0 N–H and O–H groups in total. The number of imidazole rings is 1. The molecule has 1 aromatic heterocycles. The van der Waals surface area contributed by atoms with Gasteiger partial charge in [0.2, 0.25) is 0 Å². The molecule has 0 bridgehead atoms. The largest absolute Gasteiger partial charge is 0.382 e. The van der Waals surface area contributed by atoms with E-state index in [-0.39, 0.29) is 0 Å². The van der Waals surface area contributed by atoms with Crippen LogP contribution in [0.1, 0.15) is 32.5 Å². The molecule has 0 aliphatic carbocycles. The van der Waals surface area contributed by atoms with Gasteiger partial charge in [0, 0.05) is 20.0 Å². The quantitative estimate of drug-likeness (QED) is 0.498. The number of aromatic nitrogens is 2. The van der Waals surface area contributed by atoms with E-state index in [2.05, 4.69) is 35.4 Å². The van der Waals surface area contributed by atoms with Crippen LogP contribution < -0.4 is 4.57 Å². The maximum absolute atomic E-state index is 5.33. The van der Waals surface area contributed by atoms with Crippen LogP contribution in [-0.4, -0.2) is 17.8 Å². The fourth-order valence-electron chi connectivity index (χ4n) is 1.74. The third kappa shape index (κ3) is 3.67. The topological polar surface area (TPSA) is 18.0 Å². The Morgan fingerprint density at radius 1 is 1.40 bits per heavy atom. The fraction of sp³-hybridized carbons (Fsp3) is 0.750.